The molecule has 0 aliphatic carbocycles. The number of alkyl halides is 1. The van der Waals surface area contributed by atoms with Crippen molar-refractivity contribution in [2.75, 3.05) is 11.4 Å². The van der Waals surface area contributed by atoms with Crippen molar-refractivity contribution in [2.24, 2.45) is 0 Å². The highest BCUT2D eigenvalue weighted by Gasteiger charge is 2.31. The SMILES string of the molecule is O=C1C(Br)CCN1c1cccc2cc(Br)cnc12. The van der Waals surface area contributed by atoms with E-state index in [1.807, 2.05) is 29.2 Å². The molecule has 92 valence electrons. The van der Waals surface area contributed by atoms with Gasteiger partial charge < -0.3 is 4.90 Å². The van der Waals surface area contributed by atoms with Crippen molar-refractivity contribution in [1.29, 1.82) is 0 Å². The van der Waals surface area contributed by atoms with Gasteiger partial charge in [-0.2, -0.15) is 0 Å². The predicted octanol–water partition coefficient (Wildman–Crippen LogP) is 3.50. The molecule has 0 bridgehead atoms. The molecule has 0 radical (unpaired) electrons. The Hall–Kier alpha value is -0.940. The number of hydrogen-bond acceptors (Lipinski definition) is 2. The molecule has 5 heteroatoms. The Labute approximate surface area is 121 Å². The Morgan fingerprint density at radius 1 is 1.39 bits per heavy atom. The van der Waals surface area contributed by atoms with Gasteiger partial charge >= 0.3 is 0 Å². The van der Waals surface area contributed by atoms with Crippen LogP contribution in [0.2, 0.25) is 0 Å². The molecule has 2 aromatic rings. The molecule has 1 fully saturated rings. The highest BCUT2D eigenvalue weighted by atomic mass is 79.9. The third kappa shape index (κ3) is 1.95. The first-order valence-corrected chi connectivity index (χ1v) is 7.37. The van der Waals surface area contributed by atoms with E-state index in [2.05, 4.69) is 36.8 Å². The van der Waals surface area contributed by atoms with Gasteiger partial charge in [-0.3, -0.25) is 9.78 Å². The van der Waals surface area contributed by atoms with Gasteiger partial charge in [0.1, 0.15) is 0 Å². The highest BCUT2D eigenvalue weighted by Crippen LogP contribution is 2.31. The number of fused-ring (bicyclic) bond motifs is 1. The van der Waals surface area contributed by atoms with E-state index in [9.17, 15) is 4.79 Å². The summed E-state index contributed by atoms with van der Waals surface area (Å²) in [6.45, 7) is 0.742. The molecule has 1 aromatic carbocycles. The summed E-state index contributed by atoms with van der Waals surface area (Å²) in [5.74, 6) is 0.118. The number of para-hydroxylation sites is 1. The number of anilines is 1. The highest BCUT2D eigenvalue weighted by molar-refractivity contribution is 9.10. The van der Waals surface area contributed by atoms with Crippen LogP contribution in [0.4, 0.5) is 5.69 Å². The van der Waals surface area contributed by atoms with Gasteiger partial charge in [-0.1, -0.05) is 28.1 Å². The molecule has 3 nitrogen and oxygen atoms in total. The van der Waals surface area contributed by atoms with Crippen LogP contribution in [-0.2, 0) is 4.79 Å². The largest absolute Gasteiger partial charge is 0.309 e. The summed E-state index contributed by atoms with van der Waals surface area (Å²) in [7, 11) is 0. The van der Waals surface area contributed by atoms with Gasteiger partial charge in [-0.25, -0.2) is 0 Å². The first-order valence-electron chi connectivity index (χ1n) is 5.66. The summed E-state index contributed by atoms with van der Waals surface area (Å²) < 4.78 is 0.943. The zero-order valence-corrected chi connectivity index (χ0v) is 12.6. The number of carbonyl (C=O) groups is 1. The van der Waals surface area contributed by atoms with E-state index in [4.69, 9.17) is 0 Å². The van der Waals surface area contributed by atoms with Crippen molar-refractivity contribution in [1.82, 2.24) is 4.98 Å². The molecule has 3 rings (SSSR count). The number of nitrogens with zero attached hydrogens (tertiary/aromatic N) is 2. The number of carbonyl (C=O) groups excluding carboxylic acids is 1. The van der Waals surface area contributed by atoms with Gasteiger partial charge in [0.15, 0.2) is 0 Å². The number of rotatable bonds is 1. The fourth-order valence-corrected chi connectivity index (χ4v) is 3.02. The lowest BCUT2D eigenvalue weighted by Gasteiger charge is -2.17. The van der Waals surface area contributed by atoms with Crippen LogP contribution in [0.25, 0.3) is 10.9 Å². The fraction of sp³-hybridized carbons (Fsp3) is 0.231. The molecular weight excluding hydrogens is 360 g/mol. The van der Waals surface area contributed by atoms with Crippen LogP contribution in [-0.4, -0.2) is 22.3 Å². The molecule has 0 spiro atoms. The third-order valence-electron chi connectivity index (χ3n) is 3.09. The first-order chi connectivity index (χ1) is 8.66. The second-order valence-electron chi connectivity index (χ2n) is 4.25. The average molecular weight is 370 g/mol. The van der Waals surface area contributed by atoms with Crippen LogP contribution in [0, 0.1) is 0 Å². The van der Waals surface area contributed by atoms with Gasteiger partial charge in [0.05, 0.1) is 16.0 Å². The van der Waals surface area contributed by atoms with E-state index in [1.54, 1.807) is 6.20 Å². The van der Waals surface area contributed by atoms with Gasteiger partial charge in [0.2, 0.25) is 5.91 Å². The summed E-state index contributed by atoms with van der Waals surface area (Å²) in [6.07, 6.45) is 2.60. The standard InChI is InChI=1S/C13H10Br2N2O/c14-9-6-8-2-1-3-11(12(8)16-7-9)17-5-4-10(15)13(17)18/h1-3,6-7,10H,4-5H2. The lowest BCUT2D eigenvalue weighted by atomic mass is 10.2. The van der Waals surface area contributed by atoms with E-state index in [1.165, 1.54) is 0 Å². The van der Waals surface area contributed by atoms with E-state index in [-0.39, 0.29) is 10.7 Å². The van der Waals surface area contributed by atoms with Crippen LogP contribution in [0.3, 0.4) is 0 Å². The molecule has 1 aromatic heterocycles. The Morgan fingerprint density at radius 2 is 2.22 bits per heavy atom. The van der Waals surface area contributed by atoms with Gasteiger partial charge in [0.25, 0.3) is 0 Å². The molecule has 1 aliphatic rings. The van der Waals surface area contributed by atoms with Crippen LogP contribution in [0.5, 0.6) is 0 Å². The van der Waals surface area contributed by atoms with E-state index >= 15 is 0 Å². The Bertz CT molecular complexity index is 629. The van der Waals surface area contributed by atoms with Gasteiger partial charge in [-0.05, 0) is 34.5 Å². The fourth-order valence-electron chi connectivity index (χ4n) is 2.22. The maximum absolute atomic E-state index is 12.1. The normalized spacial score (nSPS) is 19.8. The molecule has 1 unspecified atom stereocenters. The smallest absolute Gasteiger partial charge is 0.240 e. The van der Waals surface area contributed by atoms with Crippen LogP contribution in [0.15, 0.2) is 34.9 Å². The monoisotopic (exact) mass is 368 g/mol. The summed E-state index contributed by atoms with van der Waals surface area (Å²) in [6, 6.07) is 7.92. The van der Waals surface area contributed by atoms with E-state index < -0.39 is 0 Å². The second kappa shape index (κ2) is 4.63. The summed E-state index contributed by atoms with van der Waals surface area (Å²) in [4.78, 5) is 18.2. The maximum atomic E-state index is 12.1. The number of benzene rings is 1. The quantitative estimate of drug-likeness (QED) is 0.721. The molecular formula is C13H10Br2N2O. The van der Waals surface area contributed by atoms with Crippen LogP contribution >= 0.6 is 31.9 Å². The van der Waals surface area contributed by atoms with Crippen molar-refractivity contribution in [3.63, 3.8) is 0 Å². The zero-order valence-electron chi connectivity index (χ0n) is 9.44. The van der Waals surface area contributed by atoms with Gasteiger partial charge in [0, 0.05) is 22.6 Å². The molecule has 1 amide bonds. The van der Waals surface area contributed by atoms with Crippen molar-refractivity contribution in [3.8, 4) is 0 Å². The summed E-state index contributed by atoms with van der Waals surface area (Å²) >= 11 is 6.81. The summed E-state index contributed by atoms with van der Waals surface area (Å²) in [5.41, 5.74) is 1.77. The molecule has 1 atom stereocenters. The molecule has 18 heavy (non-hydrogen) atoms. The van der Waals surface area contributed by atoms with Crippen LogP contribution in [0.1, 0.15) is 6.42 Å². The minimum Gasteiger partial charge on any atom is -0.309 e. The van der Waals surface area contributed by atoms with Crippen molar-refractivity contribution in [3.05, 3.63) is 34.9 Å². The van der Waals surface area contributed by atoms with E-state index in [0.717, 1.165) is 34.0 Å². The number of hydrogen-bond donors (Lipinski definition) is 0. The lowest BCUT2D eigenvalue weighted by molar-refractivity contribution is -0.116. The number of amides is 1. The number of halogens is 2. The minimum atomic E-state index is -0.0665. The van der Waals surface area contributed by atoms with Crippen molar-refractivity contribution < 1.29 is 4.79 Å². The van der Waals surface area contributed by atoms with Crippen molar-refractivity contribution in [2.45, 2.75) is 11.2 Å². The predicted molar refractivity (Wildman–Crippen MR) is 79.1 cm³/mol. The molecule has 2 heterocycles. The Kier molecular flexibility index (Phi) is 3.11. The lowest BCUT2D eigenvalue weighted by Crippen LogP contribution is -2.27. The van der Waals surface area contributed by atoms with Gasteiger partial charge in [-0.15, -0.1) is 0 Å². The molecule has 1 aliphatic heterocycles. The zero-order chi connectivity index (χ0) is 12.7. The maximum Gasteiger partial charge on any atom is 0.240 e. The molecule has 0 N–H and O–H groups in total. The Balaban J connectivity index is 2.15. The summed E-state index contributed by atoms with van der Waals surface area (Å²) in [5, 5.41) is 1.03. The minimum absolute atomic E-state index is 0.0665. The number of aromatic nitrogens is 1. The molecule has 1 saturated heterocycles. The third-order valence-corrected chi connectivity index (χ3v) is 4.37. The second-order valence-corrected chi connectivity index (χ2v) is 6.27. The Morgan fingerprint density at radius 3 is 2.94 bits per heavy atom. The van der Waals surface area contributed by atoms with Crippen LogP contribution < -0.4 is 4.90 Å². The topological polar surface area (TPSA) is 33.2 Å². The van der Waals surface area contributed by atoms with Crippen molar-refractivity contribution >= 4 is 54.4 Å². The first kappa shape index (κ1) is 12.1. The molecule has 0 saturated carbocycles. The average Bonchev–Trinajstić information content (AvgIpc) is 2.69. The number of pyridine rings is 1. The van der Waals surface area contributed by atoms with E-state index in [0.29, 0.717) is 0 Å².